The zero-order chi connectivity index (χ0) is 12.6. The fourth-order valence-corrected chi connectivity index (χ4v) is 2.56. The second kappa shape index (κ2) is 3.99. The summed E-state index contributed by atoms with van der Waals surface area (Å²) < 4.78 is 0. The summed E-state index contributed by atoms with van der Waals surface area (Å²) in [5.74, 6) is 0.210. The summed E-state index contributed by atoms with van der Waals surface area (Å²) in [6.07, 6.45) is 1.05. The maximum atomic E-state index is 12.3. The molecule has 1 aromatic rings. The lowest BCUT2D eigenvalue weighted by Crippen LogP contribution is -2.44. The molecular weight excluding hydrogens is 214 g/mol. The van der Waals surface area contributed by atoms with Crippen molar-refractivity contribution >= 4 is 11.7 Å². The molecule has 0 aromatic heterocycles. The third kappa shape index (κ3) is 1.75. The molecule has 2 rings (SSSR count). The average Bonchev–Trinajstić information content (AvgIpc) is 2.33. The van der Waals surface area contributed by atoms with Crippen LogP contribution in [0, 0.1) is 0 Å². The summed E-state index contributed by atoms with van der Waals surface area (Å²) in [5.41, 5.74) is 1.01. The number of benzene rings is 1. The lowest BCUT2D eigenvalue weighted by atomic mass is 9.70. The molecule has 0 bridgehead atoms. The Bertz CT molecular complexity index is 479. The zero-order valence-electron chi connectivity index (χ0n) is 10.5. The van der Waals surface area contributed by atoms with Gasteiger partial charge in [-0.05, 0) is 18.9 Å². The third-order valence-electron chi connectivity index (χ3n) is 3.55. The highest BCUT2D eigenvalue weighted by Gasteiger charge is 2.41. The van der Waals surface area contributed by atoms with Gasteiger partial charge in [-0.1, -0.05) is 24.3 Å². The number of hydrogen-bond acceptors (Lipinski definition) is 2. The Morgan fingerprint density at radius 2 is 1.94 bits per heavy atom. The molecule has 1 aliphatic carbocycles. The number of carbonyl (C=O) groups is 2. The van der Waals surface area contributed by atoms with Gasteiger partial charge in [0.15, 0.2) is 5.78 Å². The molecule has 17 heavy (non-hydrogen) atoms. The predicted molar refractivity (Wildman–Crippen MR) is 66.1 cm³/mol. The van der Waals surface area contributed by atoms with Crippen molar-refractivity contribution in [3.8, 4) is 0 Å². The van der Waals surface area contributed by atoms with E-state index in [0.29, 0.717) is 18.4 Å². The number of Topliss-reactive ketones (excluding diaryl/α,β-unsaturated/α-hetero) is 1. The van der Waals surface area contributed by atoms with Crippen LogP contribution in [0.5, 0.6) is 0 Å². The second-order valence-corrected chi connectivity index (χ2v) is 5.00. The quantitative estimate of drug-likeness (QED) is 0.741. The molecule has 0 heterocycles. The topological polar surface area (TPSA) is 37.4 Å². The van der Waals surface area contributed by atoms with Crippen molar-refractivity contribution in [3.05, 3.63) is 35.4 Å². The molecule has 0 N–H and O–H groups in total. The number of fused-ring (bicyclic) bond motifs is 1. The molecule has 90 valence electrons. The van der Waals surface area contributed by atoms with Gasteiger partial charge in [0.1, 0.15) is 0 Å². The number of likely N-dealkylation sites (N-methyl/N-ethyl adjacent to an activating group) is 1. The van der Waals surface area contributed by atoms with Gasteiger partial charge < -0.3 is 4.90 Å². The predicted octanol–water partition coefficient (Wildman–Crippen LogP) is 2.01. The average molecular weight is 231 g/mol. The monoisotopic (exact) mass is 231 g/mol. The van der Waals surface area contributed by atoms with Crippen molar-refractivity contribution in [1.29, 1.82) is 0 Å². The van der Waals surface area contributed by atoms with Crippen LogP contribution in [0.25, 0.3) is 0 Å². The summed E-state index contributed by atoms with van der Waals surface area (Å²) in [6.45, 7) is 1.93. The molecule has 0 saturated heterocycles. The summed E-state index contributed by atoms with van der Waals surface area (Å²) in [6, 6.07) is 7.45. The van der Waals surface area contributed by atoms with Gasteiger partial charge in [0.2, 0.25) is 5.91 Å². The molecule has 3 heteroatoms. The van der Waals surface area contributed by atoms with E-state index in [4.69, 9.17) is 0 Å². The summed E-state index contributed by atoms with van der Waals surface area (Å²) in [4.78, 5) is 25.7. The first kappa shape index (κ1) is 11.8. The smallest absolute Gasteiger partial charge is 0.232 e. The Hall–Kier alpha value is -1.64. The SMILES string of the molecule is CN(C)C(=O)C1(C)CCC(=O)c2ccccc21. The fourth-order valence-electron chi connectivity index (χ4n) is 2.56. The van der Waals surface area contributed by atoms with Crippen LogP contribution in [0.4, 0.5) is 0 Å². The molecule has 0 radical (unpaired) electrons. The first-order valence-electron chi connectivity index (χ1n) is 5.81. The van der Waals surface area contributed by atoms with Crippen molar-refractivity contribution in [1.82, 2.24) is 4.90 Å². The largest absolute Gasteiger partial charge is 0.348 e. The Kier molecular flexibility index (Phi) is 2.77. The fraction of sp³-hybridized carbons (Fsp3) is 0.429. The van der Waals surface area contributed by atoms with Gasteiger partial charge in [0, 0.05) is 26.1 Å². The van der Waals surface area contributed by atoms with Crippen molar-refractivity contribution in [3.63, 3.8) is 0 Å². The van der Waals surface area contributed by atoms with Crippen LogP contribution in [0.15, 0.2) is 24.3 Å². The van der Waals surface area contributed by atoms with Gasteiger partial charge in [0.05, 0.1) is 5.41 Å². The molecule has 1 aliphatic rings. The molecular formula is C14H17NO2. The van der Waals surface area contributed by atoms with E-state index in [9.17, 15) is 9.59 Å². The number of nitrogens with zero attached hydrogens (tertiary/aromatic N) is 1. The molecule has 0 spiro atoms. The van der Waals surface area contributed by atoms with Gasteiger partial charge in [0.25, 0.3) is 0 Å². The van der Waals surface area contributed by atoms with Crippen LogP contribution in [-0.4, -0.2) is 30.7 Å². The molecule has 1 atom stereocenters. The van der Waals surface area contributed by atoms with E-state index in [1.807, 2.05) is 31.2 Å². The molecule has 1 amide bonds. The summed E-state index contributed by atoms with van der Waals surface area (Å²) in [7, 11) is 3.51. The van der Waals surface area contributed by atoms with Crippen LogP contribution in [0.1, 0.15) is 35.7 Å². The van der Waals surface area contributed by atoms with Crippen LogP contribution in [0.3, 0.4) is 0 Å². The van der Waals surface area contributed by atoms with Crippen molar-refractivity contribution in [2.24, 2.45) is 0 Å². The van der Waals surface area contributed by atoms with Crippen LogP contribution >= 0.6 is 0 Å². The summed E-state index contributed by atoms with van der Waals surface area (Å²) >= 11 is 0. The van der Waals surface area contributed by atoms with Gasteiger partial charge in [-0.25, -0.2) is 0 Å². The van der Waals surface area contributed by atoms with Crippen molar-refractivity contribution < 1.29 is 9.59 Å². The number of carbonyl (C=O) groups excluding carboxylic acids is 2. The van der Waals surface area contributed by atoms with Gasteiger partial charge in [-0.15, -0.1) is 0 Å². The Morgan fingerprint density at radius 1 is 1.29 bits per heavy atom. The minimum atomic E-state index is -0.562. The first-order valence-corrected chi connectivity index (χ1v) is 5.81. The Balaban J connectivity index is 2.56. The highest BCUT2D eigenvalue weighted by Crippen LogP contribution is 2.38. The van der Waals surface area contributed by atoms with Crippen LogP contribution in [-0.2, 0) is 10.2 Å². The van der Waals surface area contributed by atoms with E-state index in [1.165, 1.54) is 0 Å². The van der Waals surface area contributed by atoms with E-state index in [-0.39, 0.29) is 11.7 Å². The number of amides is 1. The normalized spacial score (nSPS) is 23.1. The van der Waals surface area contributed by atoms with Gasteiger partial charge >= 0.3 is 0 Å². The Morgan fingerprint density at radius 3 is 2.59 bits per heavy atom. The van der Waals surface area contributed by atoms with Crippen LogP contribution < -0.4 is 0 Å². The van der Waals surface area contributed by atoms with E-state index >= 15 is 0 Å². The number of ketones is 1. The number of hydrogen-bond donors (Lipinski definition) is 0. The minimum Gasteiger partial charge on any atom is -0.348 e. The van der Waals surface area contributed by atoms with E-state index in [1.54, 1.807) is 19.0 Å². The zero-order valence-corrected chi connectivity index (χ0v) is 10.5. The lowest BCUT2D eigenvalue weighted by molar-refractivity contribution is -0.134. The van der Waals surface area contributed by atoms with E-state index in [2.05, 4.69) is 0 Å². The highest BCUT2D eigenvalue weighted by molar-refractivity contribution is 6.03. The van der Waals surface area contributed by atoms with E-state index < -0.39 is 5.41 Å². The molecule has 1 aromatic carbocycles. The molecule has 0 aliphatic heterocycles. The van der Waals surface area contributed by atoms with Gasteiger partial charge in [-0.2, -0.15) is 0 Å². The maximum Gasteiger partial charge on any atom is 0.232 e. The first-order chi connectivity index (χ1) is 7.97. The number of rotatable bonds is 1. The molecule has 3 nitrogen and oxygen atoms in total. The van der Waals surface area contributed by atoms with E-state index in [0.717, 1.165) is 5.56 Å². The van der Waals surface area contributed by atoms with Gasteiger partial charge in [-0.3, -0.25) is 9.59 Å². The second-order valence-electron chi connectivity index (χ2n) is 5.00. The third-order valence-corrected chi connectivity index (χ3v) is 3.55. The Labute approximate surface area is 101 Å². The molecule has 0 fully saturated rings. The molecule has 0 saturated carbocycles. The van der Waals surface area contributed by atoms with Crippen molar-refractivity contribution in [2.45, 2.75) is 25.2 Å². The maximum absolute atomic E-state index is 12.3. The highest BCUT2D eigenvalue weighted by atomic mass is 16.2. The van der Waals surface area contributed by atoms with Crippen LogP contribution in [0.2, 0.25) is 0 Å². The summed E-state index contributed by atoms with van der Waals surface area (Å²) in [5, 5.41) is 0. The lowest BCUT2D eigenvalue weighted by Gasteiger charge is -2.35. The molecule has 1 unspecified atom stereocenters. The standard InChI is InChI=1S/C14H17NO2/c1-14(13(17)15(2)3)9-8-12(16)10-6-4-5-7-11(10)14/h4-7H,8-9H2,1-3H3. The minimum absolute atomic E-state index is 0.0671. The van der Waals surface area contributed by atoms with Crippen molar-refractivity contribution in [2.75, 3.05) is 14.1 Å².